The standard InChI is InChI=1S/C21H19NO3S/c1-25-18-12-8-9-16(15-18)20-21(22(20)17-10-4-2-5-11-17)26(23,24)19-13-6-3-7-14-19/h2-15,20-21H,1H3. The zero-order valence-corrected chi connectivity index (χ0v) is 15.1. The van der Waals surface area contributed by atoms with Crippen LogP contribution in [-0.2, 0) is 9.84 Å². The molecule has 3 aromatic carbocycles. The van der Waals surface area contributed by atoms with Gasteiger partial charge in [-0.05, 0) is 42.0 Å². The second-order valence-corrected chi connectivity index (χ2v) is 8.26. The Kier molecular flexibility index (Phi) is 4.17. The van der Waals surface area contributed by atoms with Crippen molar-refractivity contribution in [1.82, 2.24) is 0 Å². The van der Waals surface area contributed by atoms with Crippen LogP contribution in [0.15, 0.2) is 89.8 Å². The highest BCUT2D eigenvalue weighted by molar-refractivity contribution is 7.92. The molecule has 2 unspecified atom stereocenters. The summed E-state index contributed by atoms with van der Waals surface area (Å²) in [6.07, 6.45) is 0. The molecule has 0 aromatic heterocycles. The fourth-order valence-electron chi connectivity index (χ4n) is 3.34. The average molecular weight is 365 g/mol. The van der Waals surface area contributed by atoms with E-state index in [0.29, 0.717) is 4.90 Å². The first kappa shape index (κ1) is 16.7. The number of ether oxygens (including phenoxy) is 1. The summed E-state index contributed by atoms with van der Waals surface area (Å²) in [5.74, 6) is 0.721. The lowest BCUT2D eigenvalue weighted by molar-refractivity contribution is 0.414. The van der Waals surface area contributed by atoms with Crippen molar-refractivity contribution in [3.8, 4) is 5.75 Å². The van der Waals surface area contributed by atoms with Crippen molar-refractivity contribution in [2.45, 2.75) is 16.3 Å². The summed E-state index contributed by atoms with van der Waals surface area (Å²) < 4.78 is 31.8. The third kappa shape index (κ3) is 2.84. The van der Waals surface area contributed by atoms with E-state index in [1.54, 1.807) is 31.4 Å². The van der Waals surface area contributed by atoms with Gasteiger partial charge >= 0.3 is 0 Å². The van der Waals surface area contributed by atoms with Crippen molar-refractivity contribution in [2.75, 3.05) is 12.0 Å². The number of rotatable bonds is 5. The second-order valence-electron chi connectivity index (χ2n) is 6.21. The van der Waals surface area contributed by atoms with Crippen molar-refractivity contribution < 1.29 is 13.2 Å². The van der Waals surface area contributed by atoms with Gasteiger partial charge in [0.05, 0.1) is 18.0 Å². The lowest BCUT2D eigenvalue weighted by Crippen LogP contribution is -2.13. The Balaban J connectivity index is 1.78. The summed E-state index contributed by atoms with van der Waals surface area (Å²) in [7, 11) is -1.88. The molecule has 0 saturated carbocycles. The summed E-state index contributed by atoms with van der Waals surface area (Å²) in [5, 5.41) is -0.626. The van der Waals surface area contributed by atoms with Gasteiger partial charge in [0.1, 0.15) is 5.75 Å². The van der Waals surface area contributed by atoms with E-state index in [1.165, 1.54) is 0 Å². The van der Waals surface area contributed by atoms with Crippen LogP contribution >= 0.6 is 0 Å². The molecule has 1 saturated heterocycles. The highest BCUT2D eigenvalue weighted by Gasteiger charge is 2.57. The van der Waals surface area contributed by atoms with Gasteiger partial charge in [0, 0.05) is 5.69 Å². The first-order valence-electron chi connectivity index (χ1n) is 8.39. The largest absolute Gasteiger partial charge is 0.497 e. The van der Waals surface area contributed by atoms with E-state index in [4.69, 9.17) is 4.74 Å². The van der Waals surface area contributed by atoms with Crippen LogP contribution in [0.25, 0.3) is 0 Å². The first-order chi connectivity index (χ1) is 12.6. The monoisotopic (exact) mass is 365 g/mol. The van der Waals surface area contributed by atoms with Gasteiger partial charge in [0.25, 0.3) is 0 Å². The van der Waals surface area contributed by atoms with Crippen LogP contribution in [0.1, 0.15) is 11.6 Å². The van der Waals surface area contributed by atoms with Crippen LogP contribution in [0.3, 0.4) is 0 Å². The SMILES string of the molecule is COc1cccc(C2C(S(=O)(=O)c3ccccc3)N2c2ccccc2)c1. The van der Waals surface area contributed by atoms with Crippen molar-refractivity contribution in [3.63, 3.8) is 0 Å². The number of para-hydroxylation sites is 1. The minimum Gasteiger partial charge on any atom is -0.497 e. The molecule has 0 aliphatic carbocycles. The molecule has 1 aliphatic heterocycles. The third-order valence-corrected chi connectivity index (χ3v) is 6.68. The molecule has 0 amide bonds. The number of benzene rings is 3. The minimum absolute atomic E-state index is 0.238. The van der Waals surface area contributed by atoms with E-state index >= 15 is 0 Å². The average Bonchev–Trinajstić information content (AvgIpc) is 3.46. The molecule has 4 nitrogen and oxygen atoms in total. The molecule has 2 atom stereocenters. The van der Waals surface area contributed by atoms with E-state index in [-0.39, 0.29) is 6.04 Å². The summed E-state index contributed by atoms with van der Waals surface area (Å²) in [6.45, 7) is 0. The van der Waals surface area contributed by atoms with Crippen LogP contribution in [0.5, 0.6) is 5.75 Å². The Morgan fingerprint density at radius 1 is 0.846 bits per heavy atom. The Labute approximate surface area is 153 Å². The van der Waals surface area contributed by atoms with Gasteiger partial charge in [0.2, 0.25) is 9.84 Å². The van der Waals surface area contributed by atoms with E-state index < -0.39 is 15.2 Å². The zero-order chi connectivity index (χ0) is 18.1. The predicted molar refractivity (Wildman–Crippen MR) is 102 cm³/mol. The zero-order valence-electron chi connectivity index (χ0n) is 14.3. The van der Waals surface area contributed by atoms with Crippen molar-refractivity contribution in [3.05, 3.63) is 90.5 Å². The molecule has 0 spiro atoms. The smallest absolute Gasteiger partial charge is 0.201 e. The molecule has 4 rings (SSSR count). The molecule has 5 heteroatoms. The minimum atomic E-state index is -3.49. The quantitative estimate of drug-likeness (QED) is 0.640. The lowest BCUT2D eigenvalue weighted by atomic mass is 10.1. The number of hydrogen-bond acceptors (Lipinski definition) is 4. The topological polar surface area (TPSA) is 46.4 Å². The summed E-state index contributed by atoms with van der Waals surface area (Å²) in [6, 6.07) is 25.6. The van der Waals surface area contributed by atoms with Crippen molar-refractivity contribution >= 4 is 15.5 Å². The van der Waals surface area contributed by atoms with E-state index in [2.05, 4.69) is 0 Å². The molecule has 1 aliphatic rings. The van der Waals surface area contributed by atoms with Crippen LogP contribution < -0.4 is 9.64 Å². The lowest BCUT2D eigenvalue weighted by Gasteiger charge is -2.07. The van der Waals surface area contributed by atoms with E-state index in [9.17, 15) is 8.42 Å². The second kappa shape index (κ2) is 6.50. The van der Waals surface area contributed by atoms with Gasteiger partial charge in [0.15, 0.2) is 5.37 Å². The summed E-state index contributed by atoms with van der Waals surface area (Å²) in [5.41, 5.74) is 1.82. The van der Waals surface area contributed by atoms with Crippen molar-refractivity contribution in [1.29, 1.82) is 0 Å². The Hall–Kier alpha value is -2.79. The first-order valence-corrected chi connectivity index (χ1v) is 9.94. The Morgan fingerprint density at radius 2 is 1.50 bits per heavy atom. The Bertz CT molecular complexity index is 1000. The molecule has 0 N–H and O–H groups in total. The summed E-state index contributed by atoms with van der Waals surface area (Å²) >= 11 is 0. The maximum absolute atomic E-state index is 13.2. The normalized spacial score (nSPS) is 19.2. The Morgan fingerprint density at radius 3 is 2.15 bits per heavy atom. The molecule has 3 aromatic rings. The summed E-state index contributed by atoms with van der Waals surface area (Å²) in [4.78, 5) is 2.29. The fraction of sp³-hybridized carbons (Fsp3) is 0.143. The highest BCUT2D eigenvalue weighted by Crippen LogP contribution is 2.51. The number of methoxy groups -OCH3 is 1. The molecule has 0 bridgehead atoms. The van der Waals surface area contributed by atoms with Gasteiger partial charge in [-0.15, -0.1) is 0 Å². The number of hydrogen-bond donors (Lipinski definition) is 0. The molecule has 132 valence electrons. The molecular weight excluding hydrogens is 346 g/mol. The van der Waals surface area contributed by atoms with Crippen LogP contribution in [-0.4, -0.2) is 20.9 Å². The van der Waals surface area contributed by atoms with Gasteiger partial charge in [-0.1, -0.05) is 48.5 Å². The van der Waals surface area contributed by atoms with Crippen LogP contribution in [0, 0.1) is 0 Å². The van der Waals surface area contributed by atoms with Gasteiger partial charge in [-0.3, -0.25) is 0 Å². The molecular formula is C21H19NO3S. The number of sulfone groups is 1. The van der Waals surface area contributed by atoms with Crippen molar-refractivity contribution in [2.24, 2.45) is 0 Å². The van der Waals surface area contributed by atoms with Gasteiger partial charge in [-0.25, -0.2) is 8.42 Å². The third-order valence-electron chi connectivity index (χ3n) is 4.63. The molecule has 1 heterocycles. The van der Waals surface area contributed by atoms with E-state index in [0.717, 1.165) is 17.0 Å². The van der Waals surface area contributed by atoms with Crippen LogP contribution in [0.2, 0.25) is 0 Å². The molecule has 1 fully saturated rings. The maximum atomic E-state index is 13.2. The van der Waals surface area contributed by atoms with Crippen LogP contribution in [0.4, 0.5) is 5.69 Å². The number of anilines is 1. The predicted octanol–water partition coefficient (Wildman–Crippen LogP) is 4.06. The fourth-order valence-corrected chi connectivity index (χ4v) is 5.26. The highest BCUT2D eigenvalue weighted by atomic mass is 32.2. The maximum Gasteiger partial charge on any atom is 0.201 e. The van der Waals surface area contributed by atoms with E-state index in [1.807, 2.05) is 65.6 Å². The van der Waals surface area contributed by atoms with Gasteiger partial charge in [-0.2, -0.15) is 0 Å². The van der Waals surface area contributed by atoms with Gasteiger partial charge < -0.3 is 9.64 Å². The molecule has 26 heavy (non-hydrogen) atoms. The number of nitrogens with zero attached hydrogens (tertiary/aromatic N) is 1. The molecule has 0 radical (unpaired) electrons.